The Labute approximate surface area is 125 Å². The molecule has 1 aromatic carbocycles. The minimum Gasteiger partial charge on any atom is -0.491 e. The number of hydrogen-bond donors (Lipinski definition) is 2. The number of rotatable bonds is 4. The second-order valence-electron chi connectivity index (χ2n) is 5.45. The Morgan fingerprint density at radius 2 is 2.33 bits per heavy atom. The van der Waals surface area contributed by atoms with Crippen molar-refractivity contribution in [3.63, 3.8) is 0 Å². The maximum atomic E-state index is 12.1. The van der Waals surface area contributed by atoms with Crippen molar-refractivity contribution in [2.45, 2.75) is 31.9 Å². The van der Waals surface area contributed by atoms with E-state index in [4.69, 9.17) is 9.47 Å². The van der Waals surface area contributed by atoms with E-state index in [9.17, 15) is 4.79 Å². The first-order valence-corrected chi connectivity index (χ1v) is 7.69. The molecule has 21 heavy (non-hydrogen) atoms. The minimum absolute atomic E-state index is 0.0630. The first kappa shape index (κ1) is 14.4. The van der Waals surface area contributed by atoms with Crippen LogP contribution < -0.4 is 15.4 Å². The summed E-state index contributed by atoms with van der Waals surface area (Å²) in [7, 11) is 0. The average molecular weight is 290 g/mol. The van der Waals surface area contributed by atoms with Gasteiger partial charge in [-0.2, -0.15) is 0 Å². The maximum Gasteiger partial charge on any atom is 0.255 e. The van der Waals surface area contributed by atoms with Gasteiger partial charge in [-0.1, -0.05) is 13.0 Å². The molecule has 0 spiro atoms. The van der Waals surface area contributed by atoms with E-state index in [1.165, 1.54) is 0 Å². The van der Waals surface area contributed by atoms with Gasteiger partial charge in [-0.05, 0) is 37.1 Å². The number of hydrogen-bond acceptors (Lipinski definition) is 4. The predicted molar refractivity (Wildman–Crippen MR) is 79.7 cm³/mol. The predicted octanol–water partition coefficient (Wildman–Crippen LogP) is 1.64. The van der Waals surface area contributed by atoms with Crippen LogP contribution in [0.3, 0.4) is 0 Å². The van der Waals surface area contributed by atoms with Gasteiger partial charge in [0.05, 0.1) is 24.3 Å². The fraction of sp³-hybridized carbons (Fsp3) is 0.562. The number of carbonyl (C=O) groups is 1. The van der Waals surface area contributed by atoms with Crippen molar-refractivity contribution >= 4 is 5.91 Å². The molecule has 0 saturated carbocycles. The molecule has 1 saturated heterocycles. The summed E-state index contributed by atoms with van der Waals surface area (Å²) in [6.07, 6.45) is 2.33. The normalized spacial score (nSPS) is 22.9. The van der Waals surface area contributed by atoms with Crippen LogP contribution in [0.4, 0.5) is 0 Å². The lowest BCUT2D eigenvalue weighted by Crippen LogP contribution is -2.32. The van der Waals surface area contributed by atoms with Crippen molar-refractivity contribution in [2.24, 2.45) is 0 Å². The molecule has 1 amide bonds. The highest BCUT2D eigenvalue weighted by Crippen LogP contribution is 2.30. The van der Waals surface area contributed by atoms with Crippen LogP contribution in [0.1, 0.15) is 41.7 Å². The summed E-state index contributed by atoms with van der Waals surface area (Å²) in [6, 6.07) is 5.99. The van der Waals surface area contributed by atoms with Crippen LogP contribution >= 0.6 is 0 Å². The van der Waals surface area contributed by atoms with Crippen LogP contribution in [-0.2, 0) is 4.74 Å². The molecule has 1 fully saturated rings. The van der Waals surface area contributed by atoms with E-state index < -0.39 is 0 Å². The first-order valence-electron chi connectivity index (χ1n) is 7.69. The highest BCUT2D eigenvalue weighted by molar-refractivity contribution is 5.97. The second-order valence-corrected chi connectivity index (χ2v) is 5.45. The lowest BCUT2D eigenvalue weighted by atomic mass is 9.97. The van der Waals surface area contributed by atoms with Crippen LogP contribution in [0.5, 0.6) is 5.75 Å². The molecule has 5 nitrogen and oxygen atoms in total. The molecule has 2 N–H and O–H groups in total. The summed E-state index contributed by atoms with van der Waals surface area (Å²) >= 11 is 0. The number of amides is 1. The van der Waals surface area contributed by atoms with Gasteiger partial charge in [0.15, 0.2) is 0 Å². The van der Waals surface area contributed by atoms with E-state index in [2.05, 4.69) is 17.6 Å². The van der Waals surface area contributed by atoms with Crippen molar-refractivity contribution in [3.05, 3.63) is 29.3 Å². The third kappa shape index (κ3) is 3.04. The molecule has 114 valence electrons. The fourth-order valence-electron chi connectivity index (χ4n) is 3.01. The van der Waals surface area contributed by atoms with E-state index >= 15 is 0 Å². The van der Waals surface area contributed by atoms with Gasteiger partial charge in [0.1, 0.15) is 12.4 Å². The molecule has 0 aromatic heterocycles. The Kier molecular flexibility index (Phi) is 4.41. The molecular weight excluding hydrogens is 268 g/mol. The molecule has 0 aliphatic carbocycles. The molecule has 3 rings (SSSR count). The Bertz CT molecular complexity index is 512. The van der Waals surface area contributed by atoms with Crippen LogP contribution in [-0.4, -0.2) is 38.3 Å². The van der Waals surface area contributed by atoms with E-state index in [1.54, 1.807) is 0 Å². The van der Waals surface area contributed by atoms with E-state index in [-0.39, 0.29) is 18.1 Å². The largest absolute Gasteiger partial charge is 0.491 e. The van der Waals surface area contributed by atoms with Gasteiger partial charge >= 0.3 is 0 Å². The summed E-state index contributed by atoms with van der Waals surface area (Å²) in [5, 5.41) is 6.33. The quantitative estimate of drug-likeness (QED) is 0.885. The molecule has 2 aliphatic rings. The van der Waals surface area contributed by atoms with E-state index in [0.29, 0.717) is 24.5 Å². The number of benzene rings is 1. The Morgan fingerprint density at radius 3 is 3.10 bits per heavy atom. The molecule has 2 unspecified atom stereocenters. The standard InChI is InChI=1S/C16H22N2O3/c1-2-17-15(14-4-3-8-20-14)11-5-6-13-12(10-11)16(19)18-7-9-21-13/h5-6,10,14-15,17H,2-4,7-9H2,1H3,(H,18,19). The van der Waals surface area contributed by atoms with Gasteiger partial charge in [0.25, 0.3) is 5.91 Å². The van der Waals surface area contributed by atoms with Crippen LogP contribution in [0, 0.1) is 0 Å². The van der Waals surface area contributed by atoms with Crippen LogP contribution in [0.15, 0.2) is 18.2 Å². The molecule has 0 bridgehead atoms. The van der Waals surface area contributed by atoms with Crippen LogP contribution in [0.2, 0.25) is 0 Å². The summed E-state index contributed by atoms with van der Waals surface area (Å²) in [5.41, 5.74) is 1.70. The van der Waals surface area contributed by atoms with Gasteiger partial charge in [-0.15, -0.1) is 0 Å². The van der Waals surface area contributed by atoms with Crippen molar-refractivity contribution in [1.82, 2.24) is 10.6 Å². The van der Waals surface area contributed by atoms with Gasteiger partial charge < -0.3 is 20.1 Å². The molecule has 2 aliphatic heterocycles. The van der Waals surface area contributed by atoms with E-state index in [1.807, 2.05) is 18.2 Å². The lowest BCUT2D eigenvalue weighted by Gasteiger charge is -2.25. The third-order valence-electron chi connectivity index (χ3n) is 4.01. The van der Waals surface area contributed by atoms with E-state index in [0.717, 1.165) is 31.6 Å². The zero-order chi connectivity index (χ0) is 14.7. The van der Waals surface area contributed by atoms with Gasteiger partial charge in [0.2, 0.25) is 0 Å². The Morgan fingerprint density at radius 1 is 1.43 bits per heavy atom. The number of nitrogens with one attached hydrogen (secondary N) is 2. The molecule has 2 atom stereocenters. The zero-order valence-corrected chi connectivity index (χ0v) is 12.4. The number of fused-ring (bicyclic) bond motifs is 1. The maximum absolute atomic E-state index is 12.1. The van der Waals surface area contributed by atoms with Gasteiger partial charge in [0, 0.05) is 6.61 Å². The molecule has 0 radical (unpaired) electrons. The molecule has 2 heterocycles. The molecule has 5 heteroatoms. The van der Waals surface area contributed by atoms with Crippen molar-refractivity contribution < 1.29 is 14.3 Å². The SMILES string of the molecule is CCNC(c1ccc2c(c1)C(=O)NCCO2)C1CCCO1. The lowest BCUT2D eigenvalue weighted by molar-refractivity contribution is 0.0787. The van der Waals surface area contributed by atoms with Gasteiger partial charge in [-0.25, -0.2) is 0 Å². The minimum atomic E-state index is -0.0630. The summed E-state index contributed by atoms with van der Waals surface area (Å²) in [6.45, 7) is 4.83. The topological polar surface area (TPSA) is 59.6 Å². The number of likely N-dealkylation sites (N-methyl/N-ethyl adjacent to an activating group) is 1. The summed E-state index contributed by atoms with van der Waals surface area (Å²) < 4.78 is 11.4. The fourth-order valence-corrected chi connectivity index (χ4v) is 3.01. The second kappa shape index (κ2) is 6.45. The first-order chi connectivity index (χ1) is 10.3. The smallest absolute Gasteiger partial charge is 0.255 e. The van der Waals surface area contributed by atoms with Crippen molar-refractivity contribution in [1.29, 1.82) is 0 Å². The summed E-state index contributed by atoms with van der Waals surface area (Å²) in [4.78, 5) is 12.1. The zero-order valence-electron chi connectivity index (χ0n) is 12.4. The monoisotopic (exact) mass is 290 g/mol. The van der Waals surface area contributed by atoms with Crippen LogP contribution in [0.25, 0.3) is 0 Å². The Hall–Kier alpha value is -1.59. The number of ether oxygens (including phenoxy) is 2. The van der Waals surface area contributed by atoms with Gasteiger partial charge in [-0.3, -0.25) is 4.79 Å². The Balaban J connectivity index is 1.91. The highest BCUT2D eigenvalue weighted by atomic mass is 16.5. The highest BCUT2D eigenvalue weighted by Gasteiger charge is 2.28. The number of carbonyl (C=O) groups excluding carboxylic acids is 1. The summed E-state index contributed by atoms with van der Waals surface area (Å²) in [5.74, 6) is 0.600. The molecule has 1 aromatic rings. The van der Waals surface area contributed by atoms with Crippen molar-refractivity contribution in [2.75, 3.05) is 26.3 Å². The molecular formula is C16H22N2O3. The average Bonchev–Trinajstić information content (AvgIpc) is 2.96. The van der Waals surface area contributed by atoms with Crippen molar-refractivity contribution in [3.8, 4) is 5.75 Å². The third-order valence-corrected chi connectivity index (χ3v) is 4.01.